The molecule has 1 aromatic carbocycles. The summed E-state index contributed by atoms with van der Waals surface area (Å²) < 4.78 is 7.73. The third-order valence-corrected chi connectivity index (χ3v) is 3.63. The van der Waals surface area contributed by atoms with Crippen molar-refractivity contribution in [2.45, 2.75) is 39.0 Å². The van der Waals surface area contributed by atoms with E-state index in [1.54, 1.807) is 7.11 Å². The first-order valence-electron chi connectivity index (χ1n) is 6.39. The molecule has 1 aromatic heterocycles. The molecule has 0 atom stereocenters. The average molecular weight is 246 g/mol. The van der Waals surface area contributed by atoms with Gasteiger partial charge in [0.25, 0.3) is 0 Å². The van der Waals surface area contributed by atoms with Gasteiger partial charge < -0.3 is 15.0 Å². The minimum absolute atomic E-state index is 0.0813. The van der Waals surface area contributed by atoms with Crippen LogP contribution in [0.3, 0.4) is 0 Å². The number of rotatable bonds is 5. The van der Waals surface area contributed by atoms with Gasteiger partial charge in [-0.3, -0.25) is 0 Å². The number of ether oxygens (including phenoxy) is 1. The Morgan fingerprint density at radius 1 is 1.28 bits per heavy atom. The molecule has 18 heavy (non-hydrogen) atoms. The van der Waals surface area contributed by atoms with Crippen molar-refractivity contribution in [1.82, 2.24) is 4.57 Å². The van der Waals surface area contributed by atoms with E-state index in [0.717, 1.165) is 13.0 Å². The Bertz CT molecular complexity index is 528. The molecule has 0 aliphatic carbocycles. The Morgan fingerprint density at radius 2 is 2.06 bits per heavy atom. The maximum absolute atomic E-state index is 5.76. The molecular formula is C15H22N2O. The Morgan fingerprint density at radius 3 is 2.72 bits per heavy atom. The number of aryl methyl sites for hydroxylation is 1. The van der Waals surface area contributed by atoms with E-state index in [1.165, 1.54) is 16.5 Å². The number of benzene rings is 1. The highest BCUT2D eigenvalue weighted by atomic mass is 16.5. The van der Waals surface area contributed by atoms with Gasteiger partial charge in [0.05, 0.1) is 5.60 Å². The molecule has 0 saturated carbocycles. The van der Waals surface area contributed by atoms with Crippen LogP contribution in [0.15, 0.2) is 30.5 Å². The fourth-order valence-corrected chi connectivity index (χ4v) is 2.15. The molecule has 3 nitrogen and oxygen atoms in total. The second-order valence-electron chi connectivity index (χ2n) is 5.28. The first kappa shape index (κ1) is 13.1. The fourth-order valence-electron chi connectivity index (χ4n) is 2.15. The molecule has 0 aliphatic heterocycles. The van der Waals surface area contributed by atoms with Gasteiger partial charge in [0.1, 0.15) is 0 Å². The summed E-state index contributed by atoms with van der Waals surface area (Å²) in [5, 5.41) is 1.26. The van der Waals surface area contributed by atoms with Crippen molar-refractivity contribution >= 4 is 10.9 Å². The molecule has 0 unspecified atom stereocenters. The summed E-state index contributed by atoms with van der Waals surface area (Å²) in [6, 6.07) is 8.46. The van der Waals surface area contributed by atoms with E-state index in [-0.39, 0.29) is 5.60 Å². The Balaban J connectivity index is 2.25. The molecule has 0 aliphatic rings. The minimum atomic E-state index is -0.0813. The zero-order valence-electron chi connectivity index (χ0n) is 11.4. The van der Waals surface area contributed by atoms with Crippen LogP contribution in [0.5, 0.6) is 0 Å². The first-order valence-corrected chi connectivity index (χ1v) is 6.39. The largest absolute Gasteiger partial charge is 0.379 e. The van der Waals surface area contributed by atoms with Crippen molar-refractivity contribution in [2.75, 3.05) is 7.11 Å². The third-order valence-electron chi connectivity index (χ3n) is 3.63. The maximum atomic E-state index is 5.76. The molecule has 1 heterocycles. The van der Waals surface area contributed by atoms with E-state index in [1.807, 2.05) is 0 Å². The lowest BCUT2D eigenvalue weighted by atomic mass is 10.1. The summed E-state index contributed by atoms with van der Waals surface area (Å²) in [6.07, 6.45) is 3.12. The number of hydrogen-bond donors (Lipinski definition) is 1. The summed E-state index contributed by atoms with van der Waals surface area (Å²) in [7, 11) is 1.76. The third kappa shape index (κ3) is 2.57. The van der Waals surface area contributed by atoms with Gasteiger partial charge >= 0.3 is 0 Å². The van der Waals surface area contributed by atoms with Crippen LogP contribution in [0.25, 0.3) is 10.9 Å². The molecular weight excluding hydrogens is 224 g/mol. The standard InChI is InChI=1S/C15H22N2O/c1-15(2,18-3)8-10-17-9-7-13-12(11-16)5-4-6-14(13)17/h4-7,9H,8,10-11,16H2,1-3H3. The van der Waals surface area contributed by atoms with Crippen LogP contribution in [0, 0.1) is 0 Å². The highest BCUT2D eigenvalue weighted by Gasteiger charge is 2.16. The molecule has 0 bridgehead atoms. The predicted molar refractivity (Wildman–Crippen MR) is 75.5 cm³/mol. The molecule has 0 fully saturated rings. The highest BCUT2D eigenvalue weighted by Crippen LogP contribution is 2.22. The van der Waals surface area contributed by atoms with E-state index in [4.69, 9.17) is 10.5 Å². The summed E-state index contributed by atoms with van der Waals surface area (Å²) in [6.45, 7) is 5.78. The van der Waals surface area contributed by atoms with Crippen LogP contribution in [0.4, 0.5) is 0 Å². The smallest absolute Gasteiger partial charge is 0.0639 e. The average Bonchev–Trinajstić information content (AvgIpc) is 2.79. The number of fused-ring (bicyclic) bond motifs is 1. The molecule has 2 rings (SSSR count). The van der Waals surface area contributed by atoms with Crippen molar-refractivity contribution in [3.8, 4) is 0 Å². The van der Waals surface area contributed by atoms with Crippen molar-refractivity contribution < 1.29 is 4.74 Å². The second kappa shape index (κ2) is 5.12. The van der Waals surface area contributed by atoms with Gasteiger partial charge in [-0.05, 0) is 38.0 Å². The van der Waals surface area contributed by atoms with E-state index < -0.39 is 0 Å². The van der Waals surface area contributed by atoms with Gasteiger partial charge in [0.2, 0.25) is 0 Å². The lowest BCUT2D eigenvalue weighted by Gasteiger charge is -2.23. The minimum Gasteiger partial charge on any atom is -0.379 e. The molecule has 2 aromatic rings. The van der Waals surface area contributed by atoms with Crippen LogP contribution in [0.2, 0.25) is 0 Å². The van der Waals surface area contributed by atoms with Crippen LogP contribution in [-0.2, 0) is 17.8 Å². The van der Waals surface area contributed by atoms with Gasteiger partial charge in [-0.1, -0.05) is 12.1 Å². The van der Waals surface area contributed by atoms with Crippen molar-refractivity contribution in [1.29, 1.82) is 0 Å². The van der Waals surface area contributed by atoms with E-state index in [2.05, 4.69) is 48.9 Å². The molecule has 2 N–H and O–H groups in total. The molecule has 0 amide bonds. The summed E-state index contributed by atoms with van der Waals surface area (Å²) in [5.41, 5.74) is 8.14. The summed E-state index contributed by atoms with van der Waals surface area (Å²) >= 11 is 0. The molecule has 98 valence electrons. The van der Waals surface area contributed by atoms with Crippen LogP contribution >= 0.6 is 0 Å². The Kier molecular flexibility index (Phi) is 3.73. The lowest BCUT2D eigenvalue weighted by Crippen LogP contribution is -2.24. The topological polar surface area (TPSA) is 40.2 Å². The first-order chi connectivity index (χ1) is 8.57. The number of methoxy groups -OCH3 is 1. The zero-order chi connectivity index (χ0) is 13.2. The van der Waals surface area contributed by atoms with Crippen molar-refractivity contribution in [3.05, 3.63) is 36.0 Å². The van der Waals surface area contributed by atoms with Crippen LogP contribution in [0.1, 0.15) is 25.8 Å². The molecule has 0 saturated heterocycles. The van der Waals surface area contributed by atoms with E-state index in [0.29, 0.717) is 6.54 Å². The van der Waals surface area contributed by atoms with Gasteiger partial charge in [0, 0.05) is 37.3 Å². The Labute approximate surface area is 109 Å². The number of nitrogens with zero attached hydrogens (tertiary/aromatic N) is 1. The molecule has 3 heteroatoms. The van der Waals surface area contributed by atoms with E-state index in [9.17, 15) is 0 Å². The van der Waals surface area contributed by atoms with Gasteiger partial charge in [-0.2, -0.15) is 0 Å². The summed E-state index contributed by atoms with van der Waals surface area (Å²) in [5.74, 6) is 0. The SMILES string of the molecule is COC(C)(C)CCn1ccc2c(CN)cccc21. The zero-order valence-corrected chi connectivity index (χ0v) is 11.4. The number of hydrogen-bond acceptors (Lipinski definition) is 2. The van der Waals surface area contributed by atoms with Crippen LogP contribution < -0.4 is 5.73 Å². The second-order valence-corrected chi connectivity index (χ2v) is 5.28. The highest BCUT2D eigenvalue weighted by molar-refractivity contribution is 5.83. The van der Waals surface area contributed by atoms with Gasteiger partial charge in [-0.15, -0.1) is 0 Å². The van der Waals surface area contributed by atoms with Crippen molar-refractivity contribution in [2.24, 2.45) is 5.73 Å². The lowest BCUT2D eigenvalue weighted by molar-refractivity contribution is 0.0123. The van der Waals surface area contributed by atoms with E-state index >= 15 is 0 Å². The quantitative estimate of drug-likeness (QED) is 0.881. The summed E-state index contributed by atoms with van der Waals surface area (Å²) in [4.78, 5) is 0. The van der Waals surface area contributed by atoms with Crippen LogP contribution in [-0.4, -0.2) is 17.3 Å². The molecule has 0 radical (unpaired) electrons. The maximum Gasteiger partial charge on any atom is 0.0639 e. The number of aromatic nitrogens is 1. The monoisotopic (exact) mass is 246 g/mol. The Hall–Kier alpha value is -1.32. The van der Waals surface area contributed by atoms with Gasteiger partial charge in [-0.25, -0.2) is 0 Å². The van der Waals surface area contributed by atoms with Gasteiger partial charge in [0.15, 0.2) is 0 Å². The molecule has 0 spiro atoms. The normalized spacial score (nSPS) is 12.2. The predicted octanol–water partition coefficient (Wildman–Crippen LogP) is 2.92. The fraction of sp³-hybridized carbons (Fsp3) is 0.467. The number of nitrogens with two attached hydrogens (primary N) is 1. The van der Waals surface area contributed by atoms with Crippen molar-refractivity contribution in [3.63, 3.8) is 0 Å².